The number of thiophene rings is 2. The monoisotopic (exact) mass is 407 g/mol. The third kappa shape index (κ3) is 4.38. The number of nitrogens with zero attached hydrogens (tertiary/aromatic N) is 1. The molecule has 0 atom stereocenters. The van der Waals surface area contributed by atoms with Crippen molar-refractivity contribution in [2.75, 3.05) is 14.2 Å². The van der Waals surface area contributed by atoms with Gasteiger partial charge in [0.2, 0.25) is 0 Å². The average Bonchev–Trinajstić information content (AvgIpc) is 3.32. The Labute approximate surface area is 165 Å². The maximum Gasteiger partial charge on any atom is 0.264 e. The van der Waals surface area contributed by atoms with Crippen molar-refractivity contribution in [3.05, 3.63) is 67.5 Å². The SMILES string of the molecule is COc1ccc(CN(Cc2cccs2)C(=O)c2ccc(Cl)s2)cc1OC. The molecule has 0 bridgehead atoms. The molecule has 1 aromatic carbocycles. The van der Waals surface area contributed by atoms with Gasteiger partial charge >= 0.3 is 0 Å². The van der Waals surface area contributed by atoms with E-state index in [0.29, 0.717) is 33.8 Å². The first-order valence-electron chi connectivity index (χ1n) is 7.88. The Hall–Kier alpha value is -2.02. The third-order valence-electron chi connectivity index (χ3n) is 3.82. The normalized spacial score (nSPS) is 10.6. The predicted octanol–water partition coefficient (Wildman–Crippen LogP) is 5.32. The fraction of sp³-hybridized carbons (Fsp3) is 0.211. The lowest BCUT2D eigenvalue weighted by Gasteiger charge is -2.22. The van der Waals surface area contributed by atoms with Crippen LogP contribution in [0.1, 0.15) is 20.1 Å². The molecule has 3 aromatic rings. The molecule has 2 heterocycles. The Morgan fingerprint density at radius 3 is 2.50 bits per heavy atom. The summed E-state index contributed by atoms with van der Waals surface area (Å²) in [6.45, 7) is 1.01. The van der Waals surface area contributed by atoms with Crippen LogP contribution in [0.2, 0.25) is 4.34 Å². The molecule has 1 amide bonds. The highest BCUT2D eigenvalue weighted by atomic mass is 35.5. The van der Waals surface area contributed by atoms with Crippen LogP contribution in [0, 0.1) is 0 Å². The minimum absolute atomic E-state index is 0.0370. The molecular weight excluding hydrogens is 390 g/mol. The Morgan fingerprint density at radius 1 is 1.08 bits per heavy atom. The lowest BCUT2D eigenvalue weighted by molar-refractivity contribution is 0.0736. The first-order valence-corrected chi connectivity index (χ1v) is 9.96. The Kier molecular flexibility index (Phi) is 6.19. The molecule has 0 aliphatic rings. The fourth-order valence-electron chi connectivity index (χ4n) is 2.57. The Morgan fingerprint density at radius 2 is 1.88 bits per heavy atom. The number of benzene rings is 1. The van der Waals surface area contributed by atoms with Gasteiger partial charge in [0.15, 0.2) is 11.5 Å². The lowest BCUT2D eigenvalue weighted by atomic mass is 10.1. The third-order valence-corrected chi connectivity index (χ3v) is 5.90. The van der Waals surface area contributed by atoms with Crippen LogP contribution in [0.4, 0.5) is 0 Å². The van der Waals surface area contributed by atoms with Crippen molar-refractivity contribution >= 4 is 40.2 Å². The minimum Gasteiger partial charge on any atom is -0.493 e. The van der Waals surface area contributed by atoms with Crippen molar-refractivity contribution in [3.63, 3.8) is 0 Å². The van der Waals surface area contributed by atoms with E-state index in [4.69, 9.17) is 21.1 Å². The van der Waals surface area contributed by atoms with Crippen molar-refractivity contribution in [1.29, 1.82) is 0 Å². The van der Waals surface area contributed by atoms with Gasteiger partial charge < -0.3 is 14.4 Å². The van der Waals surface area contributed by atoms with E-state index >= 15 is 0 Å². The second-order valence-corrected chi connectivity index (χ2v) is 8.28. The van der Waals surface area contributed by atoms with Gasteiger partial charge in [-0.2, -0.15) is 0 Å². The number of carbonyl (C=O) groups is 1. The van der Waals surface area contributed by atoms with Gasteiger partial charge in [-0.25, -0.2) is 0 Å². The van der Waals surface area contributed by atoms with E-state index in [9.17, 15) is 4.79 Å². The summed E-state index contributed by atoms with van der Waals surface area (Å²) in [4.78, 5) is 16.6. The molecule has 2 aromatic heterocycles. The summed E-state index contributed by atoms with van der Waals surface area (Å²) >= 11 is 8.93. The molecule has 4 nitrogen and oxygen atoms in total. The zero-order valence-electron chi connectivity index (χ0n) is 14.4. The van der Waals surface area contributed by atoms with Crippen molar-refractivity contribution in [2.45, 2.75) is 13.1 Å². The summed E-state index contributed by atoms with van der Waals surface area (Å²) in [5.41, 5.74) is 0.968. The molecule has 0 fully saturated rings. The first-order chi connectivity index (χ1) is 12.6. The maximum absolute atomic E-state index is 13.0. The van der Waals surface area contributed by atoms with Crippen LogP contribution >= 0.6 is 34.3 Å². The molecule has 0 saturated carbocycles. The molecular formula is C19H18ClNO3S2. The standard InChI is InChI=1S/C19H18ClNO3S2/c1-23-15-6-5-13(10-16(15)24-2)11-21(12-14-4-3-9-25-14)19(22)17-7-8-18(20)26-17/h3-10H,11-12H2,1-2H3. The van der Waals surface area contributed by atoms with Gasteiger partial charge in [-0.3, -0.25) is 4.79 Å². The van der Waals surface area contributed by atoms with Gasteiger partial charge in [0.1, 0.15) is 0 Å². The summed E-state index contributed by atoms with van der Waals surface area (Å²) in [5, 5.41) is 2.01. The van der Waals surface area contributed by atoms with E-state index in [1.54, 1.807) is 37.7 Å². The average molecular weight is 408 g/mol. The molecule has 136 valence electrons. The molecule has 26 heavy (non-hydrogen) atoms. The van der Waals surface area contributed by atoms with E-state index in [-0.39, 0.29) is 5.91 Å². The lowest BCUT2D eigenvalue weighted by Crippen LogP contribution is -2.29. The molecule has 0 saturated heterocycles. The molecule has 0 N–H and O–H groups in total. The van der Waals surface area contributed by atoms with E-state index in [1.165, 1.54) is 11.3 Å². The predicted molar refractivity (Wildman–Crippen MR) is 107 cm³/mol. The number of carbonyl (C=O) groups excluding carboxylic acids is 1. The molecule has 0 radical (unpaired) electrons. The van der Waals surface area contributed by atoms with E-state index in [2.05, 4.69) is 0 Å². The topological polar surface area (TPSA) is 38.8 Å². The van der Waals surface area contributed by atoms with Gasteiger partial charge in [-0.05, 0) is 41.3 Å². The molecule has 0 aliphatic carbocycles. The zero-order valence-corrected chi connectivity index (χ0v) is 16.8. The number of ether oxygens (including phenoxy) is 2. The molecule has 7 heteroatoms. The first kappa shape index (κ1) is 18.8. The highest BCUT2D eigenvalue weighted by molar-refractivity contribution is 7.18. The van der Waals surface area contributed by atoms with Crippen LogP contribution in [0.25, 0.3) is 0 Å². The molecule has 0 spiro atoms. The van der Waals surface area contributed by atoms with Crippen molar-refractivity contribution in [1.82, 2.24) is 4.90 Å². The van der Waals surface area contributed by atoms with Crippen LogP contribution in [0.5, 0.6) is 11.5 Å². The van der Waals surface area contributed by atoms with Crippen LogP contribution in [-0.2, 0) is 13.1 Å². The fourth-order valence-corrected chi connectivity index (χ4v) is 4.31. The van der Waals surface area contributed by atoms with Gasteiger partial charge in [0, 0.05) is 11.4 Å². The van der Waals surface area contributed by atoms with Crippen LogP contribution in [-0.4, -0.2) is 25.0 Å². The minimum atomic E-state index is -0.0370. The highest BCUT2D eigenvalue weighted by Gasteiger charge is 2.19. The smallest absolute Gasteiger partial charge is 0.264 e. The van der Waals surface area contributed by atoms with Crippen molar-refractivity contribution in [2.24, 2.45) is 0 Å². The Bertz CT molecular complexity index is 877. The number of hydrogen-bond donors (Lipinski definition) is 0. The van der Waals surface area contributed by atoms with Gasteiger partial charge in [-0.15, -0.1) is 22.7 Å². The van der Waals surface area contributed by atoms with Crippen LogP contribution in [0.15, 0.2) is 47.8 Å². The highest BCUT2D eigenvalue weighted by Crippen LogP contribution is 2.29. The number of halogens is 1. The van der Waals surface area contributed by atoms with Crippen molar-refractivity contribution in [3.8, 4) is 11.5 Å². The second-order valence-electron chi connectivity index (χ2n) is 5.53. The summed E-state index contributed by atoms with van der Waals surface area (Å²) in [5.74, 6) is 1.27. The molecule has 0 unspecified atom stereocenters. The van der Waals surface area contributed by atoms with E-state index in [0.717, 1.165) is 10.4 Å². The Balaban J connectivity index is 1.86. The van der Waals surface area contributed by atoms with Gasteiger partial charge in [0.25, 0.3) is 5.91 Å². The molecule has 3 rings (SSSR count). The van der Waals surface area contributed by atoms with Gasteiger partial charge in [0.05, 0.1) is 30.0 Å². The van der Waals surface area contributed by atoms with Crippen LogP contribution in [0.3, 0.4) is 0 Å². The second kappa shape index (κ2) is 8.58. The summed E-state index contributed by atoms with van der Waals surface area (Å²) < 4.78 is 11.3. The van der Waals surface area contributed by atoms with Gasteiger partial charge in [-0.1, -0.05) is 23.7 Å². The number of hydrogen-bond acceptors (Lipinski definition) is 5. The largest absolute Gasteiger partial charge is 0.493 e. The number of methoxy groups -OCH3 is 2. The molecule has 0 aliphatic heterocycles. The quantitative estimate of drug-likeness (QED) is 0.531. The summed E-state index contributed by atoms with van der Waals surface area (Å²) in [6, 6.07) is 13.2. The van der Waals surface area contributed by atoms with E-state index in [1.807, 2.05) is 40.6 Å². The summed E-state index contributed by atoms with van der Waals surface area (Å²) in [7, 11) is 3.20. The maximum atomic E-state index is 13.0. The zero-order chi connectivity index (χ0) is 18.5. The van der Waals surface area contributed by atoms with Crippen LogP contribution < -0.4 is 9.47 Å². The number of rotatable bonds is 7. The summed E-state index contributed by atoms with van der Waals surface area (Å²) in [6.07, 6.45) is 0. The number of amides is 1. The van der Waals surface area contributed by atoms with Crippen molar-refractivity contribution < 1.29 is 14.3 Å². The van der Waals surface area contributed by atoms with E-state index < -0.39 is 0 Å².